The summed E-state index contributed by atoms with van der Waals surface area (Å²) < 4.78 is 7.00. The van der Waals surface area contributed by atoms with Crippen LogP contribution < -0.4 is 10.6 Å². The molecular formula is C18H19N3O3. The van der Waals surface area contributed by atoms with E-state index in [4.69, 9.17) is 4.42 Å². The molecule has 0 aliphatic heterocycles. The van der Waals surface area contributed by atoms with Crippen molar-refractivity contribution in [3.05, 3.63) is 53.9 Å². The van der Waals surface area contributed by atoms with Crippen LogP contribution in [-0.4, -0.2) is 22.9 Å². The van der Waals surface area contributed by atoms with Gasteiger partial charge in [-0.05, 0) is 24.1 Å². The number of hydrogen-bond acceptors (Lipinski definition) is 3. The summed E-state index contributed by atoms with van der Waals surface area (Å²) in [6, 6.07) is 11.1. The Bertz CT molecular complexity index is 875. The van der Waals surface area contributed by atoms with E-state index in [1.165, 1.54) is 5.56 Å². The second-order valence-electron chi connectivity index (χ2n) is 5.54. The maximum atomic E-state index is 12.2. The van der Waals surface area contributed by atoms with Gasteiger partial charge in [-0.15, -0.1) is 0 Å². The zero-order valence-corrected chi connectivity index (χ0v) is 13.6. The molecule has 0 fully saturated rings. The number of furan rings is 1. The van der Waals surface area contributed by atoms with Gasteiger partial charge in [0.15, 0.2) is 5.58 Å². The number of nitrogens with zero attached hydrogens (tertiary/aromatic N) is 1. The van der Waals surface area contributed by atoms with E-state index in [0.717, 1.165) is 11.9 Å². The Morgan fingerprint density at radius 2 is 1.92 bits per heavy atom. The predicted octanol–water partition coefficient (Wildman–Crippen LogP) is 2.70. The number of carbonyl (C=O) groups excluding carboxylic acids is 2. The zero-order valence-electron chi connectivity index (χ0n) is 13.6. The van der Waals surface area contributed by atoms with Crippen LogP contribution in [0.3, 0.4) is 0 Å². The number of nitrogens with one attached hydrogen (secondary N) is 2. The summed E-state index contributed by atoms with van der Waals surface area (Å²) in [5, 5.41) is 5.38. The summed E-state index contributed by atoms with van der Waals surface area (Å²) in [5.41, 5.74) is 3.84. The van der Waals surface area contributed by atoms with E-state index in [1.807, 2.05) is 24.3 Å². The number of hydrogen-bond donors (Lipinski definition) is 2. The fraction of sp³-hybridized carbons (Fsp3) is 0.222. The summed E-state index contributed by atoms with van der Waals surface area (Å²) >= 11 is 0. The fourth-order valence-corrected chi connectivity index (χ4v) is 2.55. The zero-order chi connectivity index (χ0) is 17.1. The number of benzene rings is 1. The second-order valence-corrected chi connectivity index (χ2v) is 5.54. The largest absolute Gasteiger partial charge is 0.463 e. The number of rotatable bonds is 5. The minimum Gasteiger partial charge on any atom is -0.463 e. The van der Waals surface area contributed by atoms with Crippen molar-refractivity contribution >= 4 is 28.6 Å². The number of aryl methyl sites for hydroxylation is 2. The first-order valence-electron chi connectivity index (χ1n) is 7.78. The highest BCUT2D eigenvalue weighted by molar-refractivity contribution is 6.00. The first-order valence-corrected chi connectivity index (χ1v) is 7.78. The van der Waals surface area contributed by atoms with Crippen LogP contribution in [0.2, 0.25) is 0 Å². The molecule has 0 spiro atoms. The third kappa shape index (κ3) is 3.17. The van der Waals surface area contributed by atoms with Crippen LogP contribution in [-0.2, 0) is 18.3 Å². The second kappa shape index (κ2) is 6.62. The lowest BCUT2D eigenvalue weighted by molar-refractivity contribution is -0.115. The molecule has 0 unspecified atom stereocenters. The topological polar surface area (TPSA) is 76.3 Å². The van der Waals surface area contributed by atoms with Crippen LogP contribution in [0.15, 0.2) is 47.1 Å². The van der Waals surface area contributed by atoms with Crippen LogP contribution in [0.1, 0.15) is 23.0 Å². The van der Waals surface area contributed by atoms with Crippen molar-refractivity contribution in [2.45, 2.75) is 13.3 Å². The standard InChI is InChI=1S/C18H19N3O3/c1-3-12-4-6-13(7-5-12)20-17(22)11-19-18(23)15-10-16-14(21(15)2)8-9-24-16/h4-10H,3,11H2,1-2H3,(H,19,23)(H,20,22). The molecule has 0 saturated carbocycles. The molecule has 0 radical (unpaired) electrons. The van der Waals surface area contributed by atoms with Crippen LogP contribution in [0, 0.1) is 0 Å². The molecule has 6 nitrogen and oxygen atoms in total. The van der Waals surface area contributed by atoms with Crippen molar-refractivity contribution in [2.24, 2.45) is 7.05 Å². The first kappa shape index (κ1) is 15.9. The van der Waals surface area contributed by atoms with E-state index in [1.54, 1.807) is 30.0 Å². The maximum absolute atomic E-state index is 12.2. The molecule has 3 aromatic rings. The van der Waals surface area contributed by atoms with Crippen LogP contribution in [0.25, 0.3) is 11.1 Å². The lowest BCUT2D eigenvalue weighted by Gasteiger charge is -2.08. The van der Waals surface area contributed by atoms with Crippen molar-refractivity contribution < 1.29 is 14.0 Å². The highest BCUT2D eigenvalue weighted by Gasteiger charge is 2.15. The molecule has 6 heteroatoms. The van der Waals surface area contributed by atoms with E-state index >= 15 is 0 Å². The first-order chi connectivity index (χ1) is 11.6. The van der Waals surface area contributed by atoms with Crippen molar-refractivity contribution in [1.29, 1.82) is 0 Å². The van der Waals surface area contributed by atoms with Gasteiger partial charge in [0, 0.05) is 24.9 Å². The minimum atomic E-state index is -0.319. The van der Waals surface area contributed by atoms with Gasteiger partial charge in [0.1, 0.15) is 5.69 Å². The average Bonchev–Trinajstić information content (AvgIpc) is 3.17. The average molecular weight is 325 g/mol. The molecule has 3 rings (SSSR count). The fourth-order valence-electron chi connectivity index (χ4n) is 2.55. The van der Waals surface area contributed by atoms with E-state index in [2.05, 4.69) is 17.6 Å². The van der Waals surface area contributed by atoms with Gasteiger partial charge in [-0.3, -0.25) is 9.59 Å². The molecule has 0 bridgehead atoms. The van der Waals surface area contributed by atoms with E-state index in [-0.39, 0.29) is 18.4 Å². The quantitative estimate of drug-likeness (QED) is 0.757. The van der Waals surface area contributed by atoms with Gasteiger partial charge in [0.25, 0.3) is 5.91 Å². The Morgan fingerprint density at radius 1 is 1.17 bits per heavy atom. The highest BCUT2D eigenvalue weighted by Crippen LogP contribution is 2.19. The third-order valence-corrected chi connectivity index (χ3v) is 3.95. The predicted molar refractivity (Wildman–Crippen MR) is 92.0 cm³/mol. The van der Waals surface area contributed by atoms with Crippen molar-refractivity contribution in [3.8, 4) is 0 Å². The third-order valence-electron chi connectivity index (χ3n) is 3.95. The van der Waals surface area contributed by atoms with E-state index < -0.39 is 0 Å². The number of anilines is 1. The lowest BCUT2D eigenvalue weighted by atomic mass is 10.1. The smallest absolute Gasteiger partial charge is 0.268 e. The molecular weight excluding hydrogens is 306 g/mol. The Hall–Kier alpha value is -3.02. The van der Waals surface area contributed by atoms with E-state index in [0.29, 0.717) is 17.0 Å². The normalized spacial score (nSPS) is 10.8. The van der Waals surface area contributed by atoms with Crippen molar-refractivity contribution in [3.63, 3.8) is 0 Å². The minimum absolute atomic E-state index is 0.0963. The van der Waals surface area contributed by atoms with Gasteiger partial charge in [-0.1, -0.05) is 19.1 Å². The highest BCUT2D eigenvalue weighted by atomic mass is 16.3. The molecule has 1 aromatic carbocycles. The van der Waals surface area contributed by atoms with Gasteiger partial charge in [-0.2, -0.15) is 0 Å². The summed E-state index contributed by atoms with van der Waals surface area (Å²) in [4.78, 5) is 24.2. The molecule has 24 heavy (non-hydrogen) atoms. The molecule has 0 saturated heterocycles. The van der Waals surface area contributed by atoms with Crippen molar-refractivity contribution in [2.75, 3.05) is 11.9 Å². The summed E-state index contributed by atoms with van der Waals surface area (Å²) in [5.74, 6) is -0.592. The SMILES string of the molecule is CCc1ccc(NC(=O)CNC(=O)c2cc3occc3n2C)cc1. The Kier molecular flexibility index (Phi) is 4.37. The van der Waals surface area contributed by atoms with Crippen LogP contribution in [0.5, 0.6) is 0 Å². The van der Waals surface area contributed by atoms with Crippen LogP contribution >= 0.6 is 0 Å². The van der Waals surface area contributed by atoms with Crippen LogP contribution in [0.4, 0.5) is 5.69 Å². The monoisotopic (exact) mass is 325 g/mol. The van der Waals surface area contributed by atoms with Gasteiger partial charge in [0.05, 0.1) is 18.3 Å². The van der Waals surface area contributed by atoms with E-state index in [9.17, 15) is 9.59 Å². The molecule has 124 valence electrons. The molecule has 2 aromatic heterocycles. The molecule has 0 aliphatic carbocycles. The molecule has 2 heterocycles. The number of fused-ring (bicyclic) bond motifs is 1. The van der Waals surface area contributed by atoms with Crippen molar-refractivity contribution in [1.82, 2.24) is 9.88 Å². The number of carbonyl (C=O) groups is 2. The maximum Gasteiger partial charge on any atom is 0.268 e. The molecule has 0 atom stereocenters. The Balaban J connectivity index is 1.58. The summed E-state index contributed by atoms with van der Waals surface area (Å²) in [6.45, 7) is 1.98. The Labute approximate surface area is 139 Å². The van der Waals surface area contributed by atoms with Gasteiger partial charge in [-0.25, -0.2) is 0 Å². The van der Waals surface area contributed by atoms with Gasteiger partial charge < -0.3 is 19.6 Å². The Morgan fingerprint density at radius 3 is 2.58 bits per heavy atom. The lowest BCUT2D eigenvalue weighted by Crippen LogP contribution is -2.33. The summed E-state index contributed by atoms with van der Waals surface area (Å²) in [7, 11) is 1.78. The van der Waals surface area contributed by atoms with Gasteiger partial charge in [0.2, 0.25) is 5.91 Å². The number of aromatic nitrogens is 1. The summed E-state index contributed by atoms with van der Waals surface area (Å²) in [6.07, 6.45) is 2.52. The molecule has 2 N–H and O–H groups in total. The van der Waals surface area contributed by atoms with Gasteiger partial charge >= 0.3 is 0 Å². The molecule has 2 amide bonds. The molecule has 0 aliphatic rings. The number of amides is 2.